The molecule has 4 aromatic rings. The molecule has 0 aliphatic rings. The molecule has 0 amide bonds. The normalized spacial score (nSPS) is 11.4. The molecular weight excluding hydrogens is 399 g/mol. The topological polar surface area (TPSA) is 65.1 Å². The van der Waals surface area contributed by atoms with Gasteiger partial charge in [0.25, 0.3) is 5.56 Å². The summed E-state index contributed by atoms with van der Waals surface area (Å²) >= 11 is 12.0. The van der Waals surface area contributed by atoms with Crippen LogP contribution < -0.4 is 11.0 Å². The summed E-state index contributed by atoms with van der Waals surface area (Å²) in [6.45, 7) is 2.48. The largest absolute Gasteiger partial charge is 0.437 e. The average molecular weight is 415 g/mol. The van der Waals surface area contributed by atoms with Crippen molar-refractivity contribution in [2.45, 2.75) is 26.3 Å². The number of rotatable bonds is 4. The van der Waals surface area contributed by atoms with Crippen LogP contribution in [0.25, 0.3) is 33.5 Å². The molecule has 7 heteroatoms. The van der Waals surface area contributed by atoms with Crippen LogP contribution in [-0.4, -0.2) is 9.55 Å². The Bertz CT molecular complexity index is 1310. The first-order valence-corrected chi connectivity index (χ1v) is 9.68. The van der Waals surface area contributed by atoms with E-state index in [1.54, 1.807) is 36.4 Å². The predicted octanol–water partition coefficient (Wildman–Crippen LogP) is 5.28. The van der Waals surface area contributed by atoms with E-state index in [1.165, 1.54) is 10.6 Å². The predicted molar refractivity (Wildman–Crippen MR) is 112 cm³/mol. The third-order valence-electron chi connectivity index (χ3n) is 4.59. The van der Waals surface area contributed by atoms with Crippen molar-refractivity contribution in [3.8, 4) is 11.4 Å². The summed E-state index contributed by atoms with van der Waals surface area (Å²) in [5, 5.41) is 1.18. The molecule has 2 aromatic carbocycles. The quantitative estimate of drug-likeness (QED) is 0.426. The second-order valence-electron chi connectivity index (χ2n) is 6.50. The van der Waals surface area contributed by atoms with E-state index < -0.39 is 11.0 Å². The number of fused-ring (bicyclic) bond motifs is 2. The highest BCUT2D eigenvalue weighted by Crippen LogP contribution is 2.23. The molecular formula is C21H16Cl2N2O3. The van der Waals surface area contributed by atoms with Crippen LogP contribution in [0.5, 0.6) is 0 Å². The minimum Gasteiger partial charge on any atom is -0.437 e. The highest BCUT2D eigenvalue weighted by atomic mass is 35.5. The monoisotopic (exact) mass is 414 g/mol. The van der Waals surface area contributed by atoms with Gasteiger partial charge in [0, 0.05) is 22.2 Å². The van der Waals surface area contributed by atoms with E-state index >= 15 is 0 Å². The lowest BCUT2D eigenvalue weighted by Gasteiger charge is -2.13. The van der Waals surface area contributed by atoms with E-state index in [-0.39, 0.29) is 16.5 Å². The molecule has 0 saturated carbocycles. The minimum absolute atomic E-state index is 0.0162. The Hall–Kier alpha value is -2.63. The van der Waals surface area contributed by atoms with Gasteiger partial charge in [-0.1, -0.05) is 36.5 Å². The van der Waals surface area contributed by atoms with Gasteiger partial charge in [-0.25, -0.2) is 0 Å². The van der Waals surface area contributed by atoms with E-state index in [2.05, 4.69) is 4.98 Å². The maximum atomic E-state index is 13.2. The van der Waals surface area contributed by atoms with Gasteiger partial charge < -0.3 is 4.42 Å². The zero-order valence-electron chi connectivity index (χ0n) is 15.0. The standard InChI is InChI=1S/C21H16Cl2N2O3/c1-2-3-10-25-19(12-4-6-13(22)7-5-12)24-20-17(21(25)27)18(26)15-11-14(23)8-9-16(15)28-20/h4-9,11H,2-3,10H2,1H3. The Morgan fingerprint density at radius 2 is 1.75 bits per heavy atom. The lowest BCUT2D eigenvalue weighted by atomic mass is 10.1. The molecule has 0 saturated heterocycles. The second-order valence-corrected chi connectivity index (χ2v) is 7.38. The van der Waals surface area contributed by atoms with Gasteiger partial charge in [-0.15, -0.1) is 0 Å². The highest BCUT2D eigenvalue weighted by Gasteiger charge is 2.19. The fourth-order valence-corrected chi connectivity index (χ4v) is 3.45. The SMILES string of the molecule is CCCCn1c(-c2ccc(Cl)cc2)nc2oc3ccc(Cl)cc3c(=O)c2c1=O. The molecule has 0 radical (unpaired) electrons. The fraction of sp³-hybridized carbons (Fsp3) is 0.190. The summed E-state index contributed by atoms with van der Waals surface area (Å²) < 4.78 is 7.33. The van der Waals surface area contributed by atoms with Crippen molar-refractivity contribution >= 4 is 45.3 Å². The lowest BCUT2D eigenvalue weighted by molar-refractivity contribution is 0.599. The first-order valence-electron chi connectivity index (χ1n) is 8.92. The highest BCUT2D eigenvalue weighted by molar-refractivity contribution is 6.31. The van der Waals surface area contributed by atoms with Crippen LogP contribution in [0, 0.1) is 0 Å². The average Bonchev–Trinajstić information content (AvgIpc) is 2.68. The maximum absolute atomic E-state index is 13.2. The molecule has 0 aliphatic heterocycles. The minimum atomic E-state index is -0.427. The number of hydrogen-bond acceptors (Lipinski definition) is 4. The number of halogens is 2. The smallest absolute Gasteiger partial charge is 0.269 e. The Kier molecular flexibility index (Phi) is 4.96. The summed E-state index contributed by atoms with van der Waals surface area (Å²) in [5.41, 5.74) is 0.228. The van der Waals surface area contributed by atoms with Gasteiger partial charge >= 0.3 is 0 Å². The first-order chi connectivity index (χ1) is 13.5. The van der Waals surface area contributed by atoms with Crippen molar-refractivity contribution in [2.75, 3.05) is 0 Å². The Labute approximate surface area is 170 Å². The van der Waals surface area contributed by atoms with Gasteiger partial charge in [-0.05, 0) is 48.9 Å². The van der Waals surface area contributed by atoms with Crippen molar-refractivity contribution in [2.24, 2.45) is 0 Å². The first kappa shape index (κ1) is 18.7. The van der Waals surface area contributed by atoms with Gasteiger partial charge in [0.2, 0.25) is 11.1 Å². The molecule has 2 aromatic heterocycles. The molecule has 28 heavy (non-hydrogen) atoms. The Morgan fingerprint density at radius 1 is 1.04 bits per heavy atom. The molecule has 0 N–H and O–H groups in total. The third kappa shape index (κ3) is 3.21. The van der Waals surface area contributed by atoms with Crippen molar-refractivity contribution in [1.82, 2.24) is 9.55 Å². The number of nitrogens with zero attached hydrogens (tertiary/aromatic N) is 2. The van der Waals surface area contributed by atoms with E-state index in [1.807, 2.05) is 6.92 Å². The Morgan fingerprint density at radius 3 is 2.46 bits per heavy atom. The Balaban J connectivity index is 2.10. The molecule has 0 aliphatic carbocycles. The number of aromatic nitrogens is 2. The number of benzene rings is 2. The van der Waals surface area contributed by atoms with Crippen LogP contribution in [0.2, 0.25) is 10.0 Å². The molecule has 0 bridgehead atoms. The summed E-state index contributed by atoms with van der Waals surface area (Å²) in [6, 6.07) is 11.8. The van der Waals surface area contributed by atoms with Crippen LogP contribution >= 0.6 is 23.2 Å². The van der Waals surface area contributed by atoms with E-state index in [0.29, 0.717) is 28.0 Å². The van der Waals surface area contributed by atoms with Gasteiger partial charge in [-0.3, -0.25) is 14.2 Å². The molecule has 5 nitrogen and oxygen atoms in total. The van der Waals surface area contributed by atoms with Crippen LogP contribution in [0.3, 0.4) is 0 Å². The lowest BCUT2D eigenvalue weighted by Crippen LogP contribution is -2.27. The maximum Gasteiger partial charge on any atom is 0.269 e. The summed E-state index contributed by atoms with van der Waals surface area (Å²) in [7, 11) is 0. The van der Waals surface area contributed by atoms with Gasteiger partial charge in [0.05, 0.1) is 5.39 Å². The molecule has 0 spiro atoms. The van der Waals surface area contributed by atoms with Gasteiger partial charge in [0.15, 0.2) is 5.39 Å². The van der Waals surface area contributed by atoms with Crippen molar-refractivity contribution < 1.29 is 4.42 Å². The zero-order chi connectivity index (χ0) is 19.8. The molecule has 4 rings (SSSR count). The second kappa shape index (κ2) is 7.41. The number of unbranched alkanes of at least 4 members (excludes halogenated alkanes) is 1. The molecule has 0 unspecified atom stereocenters. The van der Waals surface area contributed by atoms with E-state index in [9.17, 15) is 9.59 Å². The fourth-order valence-electron chi connectivity index (χ4n) is 3.15. The van der Waals surface area contributed by atoms with Crippen molar-refractivity contribution in [1.29, 1.82) is 0 Å². The summed E-state index contributed by atoms with van der Waals surface area (Å²) in [5.74, 6) is 0.444. The zero-order valence-corrected chi connectivity index (χ0v) is 16.5. The van der Waals surface area contributed by atoms with Crippen LogP contribution in [0.15, 0.2) is 56.5 Å². The van der Waals surface area contributed by atoms with Crippen LogP contribution in [0.1, 0.15) is 19.8 Å². The summed E-state index contributed by atoms with van der Waals surface area (Å²) in [4.78, 5) is 30.8. The van der Waals surface area contributed by atoms with E-state index in [4.69, 9.17) is 27.6 Å². The van der Waals surface area contributed by atoms with Gasteiger partial charge in [0.1, 0.15) is 11.4 Å². The van der Waals surface area contributed by atoms with Crippen molar-refractivity contribution in [3.63, 3.8) is 0 Å². The number of hydrogen-bond donors (Lipinski definition) is 0. The van der Waals surface area contributed by atoms with Crippen LogP contribution in [0.4, 0.5) is 0 Å². The summed E-state index contributed by atoms with van der Waals surface area (Å²) in [6.07, 6.45) is 1.67. The third-order valence-corrected chi connectivity index (χ3v) is 5.08. The van der Waals surface area contributed by atoms with Crippen LogP contribution in [-0.2, 0) is 6.54 Å². The molecule has 142 valence electrons. The van der Waals surface area contributed by atoms with Gasteiger partial charge in [-0.2, -0.15) is 4.98 Å². The molecule has 2 heterocycles. The molecule has 0 fully saturated rings. The van der Waals surface area contributed by atoms with Crippen molar-refractivity contribution in [3.05, 3.63) is 73.1 Å². The molecule has 0 atom stereocenters. The van der Waals surface area contributed by atoms with E-state index in [0.717, 1.165) is 18.4 Å².